The number of hydrazine groups is 1. The fraction of sp³-hybridized carbons (Fsp3) is 0.258. The van der Waals surface area contributed by atoms with Gasteiger partial charge in [0.05, 0.1) is 17.1 Å². The molecule has 252 valence electrons. The highest BCUT2D eigenvalue weighted by atomic mass is 32.2. The summed E-state index contributed by atoms with van der Waals surface area (Å²) in [5.74, 6) is -0.828. The van der Waals surface area contributed by atoms with Crippen LogP contribution < -0.4 is 20.5 Å². The molecule has 1 saturated heterocycles. The highest BCUT2D eigenvalue weighted by Crippen LogP contribution is 2.37. The second kappa shape index (κ2) is 13.9. The number of rotatable bonds is 9. The van der Waals surface area contributed by atoms with Crippen molar-refractivity contribution in [2.45, 2.75) is 45.0 Å². The highest BCUT2D eigenvalue weighted by molar-refractivity contribution is 8.15. The molecule has 0 bridgehead atoms. The van der Waals surface area contributed by atoms with Crippen LogP contribution in [0.2, 0.25) is 0 Å². The van der Waals surface area contributed by atoms with E-state index in [4.69, 9.17) is 12.2 Å². The van der Waals surface area contributed by atoms with E-state index >= 15 is 0 Å². The molecule has 1 atom stereocenters. The van der Waals surface area contributed by atoms with Crippen molar-refractivity contribution in [2.24, 2.45) is 4.99 Å². The molecule has 0 radical (unpaired) electrons. The van der Waals surface area contributed by atoms with E-state index in [1.165, 1.54) is 51.9 Å². The first-order valence-corrected chi connectivity index (χ1v) is 15.7. The molecule has 9 nitrogen and oxygen atoms in total. The molecule has 0 aliphatic carbocycles. The third-order valence-electron chi connectivity index (χ3n) is 7.05. The number of halogens is 6. The number of hydrogen-bond acceptors (Lipinski definition) is 7. The first-order chi connectivity index (χ1) is 22.6. The minimum Gasteiger partial charge on any atom is -0.426 e. The first-order valence-electron chi connectivity index (χ1n) is 14.3. The van der Waals surface area contributed by atoms with Crippen molar-refractivity contribution >= 4 is 45.9 Å². The number of hydrogen-bond donors (Lipinski definition) is 2. The number of amides is 1. The molecule has 5 rings (SSSR count). The minimum absolute atomic E-state index is 0.0429. The molecule has 17 heteroatoms. The number of carbonyl (C=O) groups excluding carboxylic acids is 1. The van der Waals surface area contributed by atoms with Crippen LogP contribution in [-0.4, -0.2) is 49.0 Å². The Hall–Kier alpha value is -4.48. The molecule has 4 aromatic rings. The summed E-state index contributed by atoms with van der Waals surface area (Å²) < 4.78 is 82.8. The number of aromatic nitrogens is 3. The Labute approximate surface area is 280 Å². The quantitative estimate of drug-likeness (QED) is 0.106. The summed E-state index contributed by atoms with van der Waals surface area (Å²) >= 11 is 6.60. The van der Waals surface area contributed by atoms with Crippen molar-refractivity contribution in [3.05, 3.63) is 90.0 Å². The molecule has 0 saturated carbocycles. The van der Waals surface area contributed by atoms with Crippen LogP contribution in [0.1, 0.15) is 43.9 Å². The molecule has 1 fully saturated rings. The van der Waals surface area contributed by atoms with E-state index < -0.39 is 23.9 Å². The van der Waals surface area contributed by atoms with Crippen molar-refractivity contribution in [1.82, 2.24) is 25.6 Å². The van der Waals surface area contributed by atoms with Crippen LogP contribution in [0.3, 0.4) is 0 Å². The van der Waals surface area contributed by atoms with Crippen molar-refractivity contribution in [2.75, 3.05) is 10.7 Å². The molecule has 48 heavy (non-hydrogen) atoms. The van der Waals surface area contributed by atoms with Crippen molar-refractivity contribution in [3.63, 3.8) is 0 Å². The van der Waals surface area contributed by atoms with Gasteiger partial charge in [-0.3, -0.25) is 15.1 Å². The van der Waals surface area contributed by atoms with Crippen LogP contribution in [0.25, 0.3) is 17.1 Å². The Morgan fingerprint density at radius 3 is 2.35 bits per heavy atom. The van der Waals surface area contributed by atoms with Gasteiger partial charge in [-0.1, -0.05) is 55.9 Å². The topological polar surface area (TPSA) is 96.7 Å². The number of amidine groups is 1. The van der Waals surface area contributed by atoms with Crippen LogP contribution in [0.5, 0.6) is 5.75 Å². The van der Waals surface area contributed by atoms with Gasteiger partial charge in [0.2, 0.25) is 11.0 Å². The number of anilines is 1. The van der Waals surface area contributed by atoms with Gasteiger partial charge in [0.15, 0.2) is 11.0 Å². The maximum Gasteiger partial charge on any atom is 0.499 e. The molecule has 1 unspecified atom stereocenters. The average Bonchev–Trinajstić information content (AvgIpc) is 3.66. The number of aliphatic imine (C=N–C) groups is 1. The number of benzene rings is 3. The molecule has 1 aliphatic rings. The number of thiocarbonyl (C=S) groups is 1. The van der Waals surface area contributed by atoms with E-state index in [9.17, 15) is 31.1 Å². The number of carbonyl (C=O) groups is 1. The van der Waals surface area contributed by atoms with Gasteiger partial charge in [-0.05, 0) is 72.6 Å². The summed E-state index contributed by atoms with van der Waals surface area (Å²) in [5, 5.41) is 4.77. The largest absolute Gasteiger partial charge is 0.499 e. The normalized spacial score (nSPS) is 15.3. The van der Waals surface area contributed by atoms with Crippen LogP contribution in [-0.2, 0) is 4.79 Å². The summed E-state index contributed by atoms with van der Waals surface area (Å²) in [5.41, 5.74) is 9.05. The van der Waals surface area contributed by atoms with Crippen LogP contribution in [0, 0.1) is 5.82 Å². The zero-order valence-electron chi connectivity index (χ0n) is 25.4. The van der Waals surface area contributed by atoms with Crippen molar-refractivity contribution < 1.29 is 35.9 Å². The van der Waals surface area contributed by atoms with Crippen molar-refractivity contribution in [3.8, 4) is 22.8 Å². The fourth-order valence-electron chi connectivity index (χ4n) is 4.56. The predicted octanol–water partition coefficient (Wildman–Crippen LogP) is 7.31. The summed E-state index contributed by atoms with van der Waals surface area (Å²) in [6.07, 6.45) is -9.81. The van der Waals surface area contributed by atoms with Crippen molar-refractivity contribution in [1.29, 1.82) is 0 Å². The average molecular weight is 708 g/mol. The highest BCUT2D eigenvalue weighted by Gasteiger charge is 2.61. The Morgan fingerprint density at radius 2 is 1.71 bits per heavy atom. The fourth-order valence-corrected chi connectivity index (χ4v) is 5.63. The molecule has 0 spiro atoms. The molecular weight excluding hydrogens is 681 g/mol. The summed E-state index contributed by atoms with van der Waals surface area (Å²) in [7, 11) is 0. The number of alkyl halides is 5. The Balaban J connectivity index is 1.20. The summed E-state index contributed by atoms with van der Waals surface area (Å²) in [6, 6.07) is 15.8. The molecule has 1 aromatic heterocycles. The van der Waals surface area contributed by atoms with Gasteiger partial charge in [0, 0.05) is 11.6 Å². The van der Waals surface area contributed by atoms with E-state index in [-0.39, 0.29) is 28.7 Å². The van der Waals surface area contributed by atoms with Crippen LogP contribution >= 0.6 is 24.0 Å². The minimum atomic E-state index is -5.85. The second-order valence-corrected chi connectivity index (χ2v) is 12.1. The maximum absolute atomic E-state index is 14.1. The number of thioether (sulfide) groups is 1. The van der Waals surface area contributed by atoms with Gasteiger partial charge >= 0.3 is 12.3 Å². The molecule has 1 aliphatic heterocycles. The van der Waals surface area contributed by atoms with Gasteiger partial charge in [-0.15, -0.1) is 5.10 Å². The van der Waals surface area contributed by atoms with Crippen LogP contribution in [0.4, 0.5) is 32.0 Å². The van der Waals surface area contributed by atoms with E-state index in [0.717, 1.165) is 23.3 Å². The Bertz CT molecular complexity index is 1830. The Kier molecular flexibility index (Phi) is 10.1. The lowest BCUT2D eigenvalue weighted by Crippen LogP contribution is -2.41. The molecular formula is C31H27F6N7O2S2. The van der Waals surface area contributed by atoms with E-state index in [1.54, 1.807) is 18.2 Å². The molecule has 3 aromatic carbocycles. The maximum atomic E-state index is 14.1. The summed E-state index contributed by atoms with van der Waals surface area (Å²) in [4.78, 5) is 22.8. The summed E-state index contributed by atoms with van der Waals surface area (Å²) in [6.45, 7) is 5.79. The zero-order chi connectivity index (χ0) is 34.8. The second-order valence-electron chi connectivity index (χ2n) is 10.8. The Morgan fingerprint density at radius 1 is 1.02 bits per heavy atom. The zero-order valence-corrected chi connectivity index (χ0v) is 27.1. The SMILES string of the molecule is CC(C)c1ccc(F)cc1N1C(=O)CSC1=NC(=S)NNC(C)c1ccc(-c2ncn(-c3ccc(OC(F)(F)C(F)(F)F)cc3)n2)cc1. The first kappa shape index (κ1) is 34.8. The van der Waals surface area contributed by atoms with E-state index in [0.29, 0.717) is 27.9 Å². The third-order valence-corrected chi connectivity index (χ3v) is 8.17. The van der Waals surface area contributed by atoms with E-state index in [1.807, 2.05) is 32.9 Å². The van der Waals surface area contributed by atoms with Gasteiger partial charge < -0.3 is 4.74 Å². The molecule has 2 N–H and O–H groups in total. The van der Waals surface area contributed by atoms with Gasteiger partial charge in [0.1, 0.15) is 17.9 Å². The van der Waals surface area contributed by atoms with Gasteiger partial charge in [0.25, 0.3) is 0 Å². The van der Waals surface area contributed by atoms with Gasteiger partial charge in [-0.2, -0.15) is 26.9 Å². The lowest BCUT2D eigenvalue weighted by atomic mass is 10.0. The standard InChI is InChI=1S/C31H27F6N7O2S2/c1-17(2)24-13-8-21(32)14-25(24)44-26(45)15-48-29(44)39-28(47)41-40-18(3)19-4-6-20(7-5-19)27-38-16-43(42-27)22-9-11-23(12-10-22)46-31(36,37)30(33,34)35/h4-14,16-18,40H,15H2,1-3H3,(H,41,47). The van der Waals surface area contributed by atoms with Crippen LogP contribution in [0.15, 0.2) is 78.0 Å². The lowest BCUT2D eigenvalue weighted by molar-refractivity contribution is -0.360. The lowest BCUT2D eigenvalue weighted by Gasteiger charge is -2.22. The number of nitrogens with zero attached hydrogens (tertiary/aromatic N) is 5. The molecule has 2 heterocycles. The monoisotopic (exact) mass is 707 g/mol. The number of ether oxygens (including phenoxy) is 1. The smallest absolute Gasteiger partial charge is 0.426 e. The van der Waals surface area contributed by atoms with Gasteiger partial charge in [-0.25, -0.2) is 19.5 Å². The number of nitrogens with one attached hydrogen (secondary N) is 2. The van der Waals surface area contributed by atoms with E-state index in [2.05, 4.69) is 30.7 Å². The molecule has 1 amide bonds. The predicted molar refractivity (Wildman–Crippen MR) is 174 cm³/mol. The third kappa shape index (κ3) is 7.79.